The van der Waals surface area contributed by atoms with E-state index in [0.29, 0.717) is 10.8 Å². The largest absolute Gasteiger partial charge is 0.506 e. The summed E-state index contributed by atoms with van der Waals surface area (Å²) in [5, 5.41) is 19.7. The number of carbonyl (C=O) groups is 1. The van der Waals surface area contributed by atoms with Crippen molar-refractivity contribution in [1.82, 2.24) is 0 Å². The van der Waals surface area contributed by atoms with Crippen LogP contribution in [0.25, 0.3) is 10.8 Å². The molecule has 0 unspecified atom stereocenters. The van der Waals surface area contributed by atoms with Crippen molar-refractivity contribution in [3.05, 3.63) is 42.2 Å². The highest BCUT2D eigenvalue weighted by Gasteiger charge is 2.16. The van der Waals surface area contributed by atoms with Gasteiger partial charge in [0, 0.05) is 10.8 Å². The summed E-state index contributed by atoms with van der Waals surface area (Å²) in [5.74, 6) is -0.00475. The summed E-state index contributed by atoms with van der Waals surface area (Å²) in [5.41, 5.74) is -0.289. The van der Waals surface area contributed by atoms with Crippen LogP contribution in [0.15, 0.2) is 36.6 Å². The van der Waals surface area contributed by atoms with Crippen molar-refractivity contribution in [2.24, 2.45) is 0 Å². The lowest BCUT2D eigenvalue weighted by Crippen LogP contribution is -1.98. The SMILES string of the molecule is O=C=COc1cc(C(=O)O)c(O)c2ccccc12. The molecule has 2 N–H and O–H groups in total. The second kappa shape index (κ2) is 4.61. The molecule has 0 atom stereocenters. The lowest BCUT2D eigenvalue weighted by molar-refractivity contribution is 0.0693. The second-order valence-electron chi connectivity index (χ2n) is 3.48. The number of ether oxygens (including phenoxy) is 1. The molecule has 2 aromatic rings. The van der Waals surface area contributed by atoms with Gasteiger partial charge in [0.25, 0.3) is 0 Å². The van der Waals surface area contributed by atoms with Crippen molar-refractivity contribution < 1.29 is 24.5 Å². The highest BCUT2D eigenvalue weighted by molar-refractivity contribution is 6.03. The number of hydrogen-bond acceptors (Lipinski definition) is 4. The predicted molar refractivity (Wildman–Crippen MR) is 63.5 cm³/mol. The highest BCUT2D eigenvalue weighted by Crippen LogP contribution is 2.35. The quantitative estimate of drug-likeness (QED) is 0.637. The van der Waals surface area contributed by atoms with Crippen LogP contribution in [0.3, 0.4) is 0 Å². The lowest BCUT2D eigenvalue weighted by atomic mass is 10.0. The average molecular weight is 244 g/mol. The van der Waals surface area contributed by atoms with Gasteiger partial charge in [-0.05, 0) is 6.07 Å². The first kappa shape index (κ1) is 11.7. The molecule has 0 spiro atoms. The molecule has 0 saturated carbocycles. The topological polar surface area (TPSA) is 83.8 Å². The maximum Gasteiger partial charge on any atom is 0.339 e. The number of benzene rings is 2. The fourth-order valence-corrected chi connectivity index (χ4v) is 1.67. The van der Waals surface area contributed by atoms with Crippen molar-refractivity contribution in [3.63, 3.8) is 0 Å². The molecule has 90 valence electrons. The van der Waals surface area contributed by atoms with Gasteiger partial charge in [0.2, 0.25) is 0 Å². The zero-order valence-electron chi connectivity index (χ0n) is 9.08. The normalized spacial score (nSPS) is 9.78. The Morgan fingerprint density at radius 1 is 1.28 bits per heavy atom. The molecule has 2 aromatic carbocycles. The Kier molecular flexibility index (Phi) is 3.00. The third kappa shape index (κ3) is 1.90. The number of carboxylic acid groups (broad SMARTS) is 1. The van der Waals surface area contributed by atoms with E-state index in [4.69, 9.17) is 9.84 Å². The van der Waals surface area contributed by atoms with Gasteiger partial charge in [-0.2, -0.15) is 0 Å². The minimum absolute atomic E-state index is 0.171. The summed E-state index contributed by atoms with van der Waals surface area (Å²) in [6.45, 7) is 0. The number of carboxylic acids is 1. The molecule has 0 aliphatic carbocycles. The van der Waals surface area contributed by atoms with E-state index in [9.17, 15) is 14.7 Å². The van der Waals surface area contributed by atoms with Crippen LogP contribution in [0.4, 0.5) is 0 Å². The number of fused-ring (bicyclic) bond motifs is 1. The summed E-state index contributed by atoms with van der Waals surface area (Å²) >= 11 is 0. The Hall–Kier alpha value is -2.78. The average Bonchev–Trinajstić information content (AvgIpc) is 2.38. The molecule has 0 amide bonds. The maximum absolute atomic E-state index is 11.0. The van der Waals surface area contributed by atoms with Crippen LogP contribution < -0.4 is 4.74 Å². The van der Waals surface area contributed by atoms with E-state index < -0.39 is 5.97 Å². The summed E-state index contributed by atoms with van der Waals surface area (Å²) < 4.78 is 4.99. The Morgan fingerprint density at radius 2 is 1.94 bits per heavy atom. The number of carbonyl (C=O) groups excluding carboxylic acids is 1. The number of aromatic carboxylic acids is 1. The zero-order chi connectivity index (χ0) is 13.1. The van der Waals surface area contributed by atoms with Crippen molar-refractivity contribution in [1.29, 1.82) is 0 Å². The molecule has 0 saturated heterocycles. The number of phenols is 1. The third-order valence-corrected chi connectivity index (χ3v) is 2.44. The molecule has 0 heterocycles. The van der Waals surface area contributed by atoms with Gasteiger partial charge in [0.05, 0.1) is 0 Å². The molecule has 18 heavy (non-hydrogen) atoms. The van der Waals surface area contributed by atoms with E-state index in [1.54, 1.807) is 24.3 Å². The Balaban J connectivity index is 2.79. The smallest absolute Gasteiger partial charge is 0.339 e. The molecule has 5 heteroatoms. The van der Waals surface area contributed by atoms with E-state index in [2.05, 4.69) is 0 Å². The van der Waals surface area contributed by atoms with Crippen LogP contribution in [-0.2, 0) is 4.79 Å². The van der Waals surface area contributed by atoms with E-state index in [-0.39, 0.29) is 17.1 Å². The van der Waals surface area contributed by atoms with E-state index in [0.717, 1.165) is 12.3 Å². The first-order chi connectivity index (χ1) is 8.65. The van der Waals surface area contributed by atoms with E-state index >= 15 is 0 Å². The van der Waals surface area contributed by atoms with Gasteiger partial charge in [-0.1, -0.05) is 24.3 Å². The van der Waals surface area contributed by atoms with E-state index in [1.165, 1.54) is 5.94 Å². The Bertz CT molecular complexity index is 668. The first-order valence-electron chi connectivity index (χ1n) is 4.99. The number of rotatable bonds is 3. The molecule has 0 fully saturated rings. The van der Waals surface area contributed by atoms with Crippen LogP contribution in [0.2, 0.25) is 0 Å². The van der Waals surface area contributed by atoms with E-state index in [1.807, 2.05) is 0 Å². The van der Waals surface area contributed by atoms with Crippen molar-refractivity contribution in [3.8, 4) is 11.5 Å². The Morgan fingerprint density at radius 3 is 2.56 bits per heavy atom. The minimum atomic E-state index is -1.28. The van der Waals surface area contributed by atoms with Gasteiger partial charge in [0.1, 0.15) is 17.1 Å². The van der Waals surface area contributed by atoms with Gasteiger partial charge < -0.3 is 14.9 Å². The highest BCUT2D eigenvalue weighted by atomic mass is 16.5. The lowest BCUT2D eigenvalue weighted by Gasteiger charge is -2.09. The molecular weight excluding hydrogens is 236 g/mol. The fraction of sp³-hybridized carbons (Fsp3) is 0. The monoisotopic (exact) mass is 244 g/mol. The molecule has 0 aromatic heterocycles. The number of hydrogen-bond donors (Lipinski definition) is 2. The molecular formula is C13H8O5. The van der Waals surface area contributed by atoms with Crippen molar-refractivity contribution in [2.45, 2.75) is 0 Å². The van der Waals surface area contributed by atoms with Crippen molar-refractivity contribution in [2.75, 3.05) is 0 Å². The molecule has 0 radical (unpaired) electrons. The fourth-order valence-electron chi connectivity index (χ4n) is 1.67. The van der Waals surface area contributed by atoms with Gasteiger partial charge >= 0.3 is 5.97 Å². The van der Waals surface area contributed by atoms with Crippen molar-refractivity contribution >= 4 is 22.7 Å². The first-order valence-corrected chi connectivity index (χ1v) is 4.99. The second-order valence-corrected chi connectivity index (χ2v) is 3.48. The minimum Gasteiger partial charge on any atom is -0.506 e. The van der Waals surface area contributed by atoms with Gasteiger partial charge in [-0.3, -0.25) is 0 Å². The van der Waals surface area contributed by atoms with Gasteiger partial charge in [0.15, 0.2) is 12.2 Å². The standard InChI is InChI=1S/C13H8O5/c14-5-6-18-11-7-10(13(16)17)12(15)9-4-2-1-3-8(9)11/h1-4,6-7,15H,(H,16,17). The molecule has 0 aliphatic heterocycles. The predicted octanol–water partition coefficient (Wildman–Crippen LogP) is 1.97. The zero-order valence-corrected chi connectivity index (χ0v) is 9.08. The molecule has 0 aliphatic rings. The summed E-state index contributed by atoms with van der Waals surface area (Å²) in [6.07, 6.45) is 0.782. The van der Waals surface area contributed by atoms with Crippen LogP contribution in [0.5, 0.6) is 11.5 Å². The summed E-state index contributed by atoms with van der Waals surface area (Å²) in [4.78, 5) is 21.1. The third-order valence-electron chi connectivity index (χ3n) is 2.44. The maximum atomic E-state index is 11.0. The van der Waals surface area contributed by atoms with Crippen LogP contribution in [0, 0.1) is 0 Å². The van der Waals surface area contributed by atoms with Gasteiger partial charge in [-0.15, -0.1) is 0 Å². The van der Waals surface area contributed by atoms with Crippen LogP contribution in [0.1, 0.15) is 10.4 Å². The Labute approximate surface area is 102 Å². The number of aromatic hydroxyl groups is 1. The van der Waals surface area contributed by atoms with Crippen LogP contribution in [-0.4, -0.2) is 22.1 Å². The molecule has 5 nitrogen and oxygen atoms in total. The molecule has 2 rings (SSSR count). The van der Waals surface area contributed by atoms with Crippen LogP contribution >= 0.6 is 0 Å². The summed E-state index contributed by atoms with van der Waals surface area (Å²) in [6, 6.07) is 7.74. The molecule has 0 bridgehead atoms. The van der Waals surface area contributed by atoms with Gasteiger partial charge in [-0.25, -0.2) is 9.59 Å². The summed E-state index contributed by atoms with van der Waals surface area (Å²) in [7, 11) is 0.